The number of hydrogen-bond donors (Lipinski definition) is 2. The molecular weight excluding hydrogens is 258 g/mol. The molecule has 2 nitrogen and oxygen atoms in total. The number of anilines is 1. The maximum atomic E-state index is 10.3. The second-order valence-electron chi connectivity index (χ2n) is 8.27. The molecule has 1 aliphatic heterocycles. The van der Waals surface area contributed by atoms with E-state index >= 15 is 0 Å². The van der Waals surface area contributed by atoms with E-state index < -0.39 is 0 Å². The van der Waals surface area contributed by atoms with Crippen LogP contribution in [-0.2, 0) is 5.41 Å². The molecule has 116 valence electrons. The molecular formula is C19H29NO. The van der Waals surface area contributed by atoms with Crippen LogP contribution in [0.25, 0.3) is 0 Å². The highest BCUT2D eigenvalue weighted by Gasteiger charge is 2.50. The van der Waals surface area contributed by atoms with Gasteiger partial charge in [0.05, 0.1) is 0 Å². The molecule has 0 amide bonds. The van der Waals surface area contributed by atoms with E-state index in [-0.39, 0.29) is 5.41 Å². The summed E-state index contributed by atoms with van der Waals surface area (Å²) in [5, 5.41) is 14.0. The predicted molar refractivity (Wildman–Crippen MR) is 89.2 cm³/mol. The number of benzene rings is 1. The molecule has 21 heavy (non-hydrogen) atoms. The molecule has 0 aromatic heterocycles. The van der Waals surface area contributed by atoms with Crippen molar-refractivity contribution in [3.05, 3.63) is 23.3 Å². The van der Waals surface area contributed by atoms with E-state index in [2.05, 4.69) is 46.0 Å². The number of rotatable bonds is 1. The van der Waals surface area contributed by atoms with Gasteiger partial charge in [0.15, 0.2) is 0 Å². The summed E-state index contributed by atoms with van der Waals surface area (Å²) in [5.41, 5.74) is 4.35. The first kappa shape index (κ1) is 14.7. The smallest absolute Gasteiger partial charge is 0.121 e. The summed E-state index contributed by atoms with van der Waals surface area (Å²) in [6.45, 7) is 12.6. The maximum absolute atomic E-state index is 10.3. The van der Waals surface area contributed by atoms with Crippen LogP contribution in [0.1, 0.15) is 70.9 Å². The minimum absolute atomic E-state index is 0.236. The zero-order chi connectivity index (χ0) is 15.4. The standard InChI is InChI=1S/C19H29NO/c1-12(2)16-14(21)8-7-13-17(16)20-11-15-18(3,4)9-6-10-19(13,15)5/h7-8,12,15,20-21H,6,9-11H2,1-5H3/t15-,19+/m0/s1. The molecule has 1 aliphatic carbocycles. The fourth-order valence-electron chi connectivity index (χ4n) is 5.01. The predicted octanol–water partition coefficient (Wildman–Crippen LogP) is 5.03. The minimum atomic E-state index is 0.236. The molecule has 1 aromatic carbocycles. The number of hydrogen-bond acceptors (Lipinski definition) is 2. The third-order valence-electron chi connectivity index (χ3n) is 6.13. The fraction of sp³-hybridized carbons (Fsp3) is 0.684. The highest BCUT2D eigenvalue weighted by molar-refractivity contribution is 5.67. The van der Waals surface area contributed by atoms with Crippen LogP contribution in [0.15, 0.2) is 12.1 Å². The van der Waals surface area contributed by atoms with E-state index in [1.807, 2.05) is 6.07 Å². The third-order valence-corrected chi connectivity index (χ3v) is 6.13. The van der Waals surface area contributed by atoms with Gasteiger partial charge in [-0.3, -0.25) is 0 Å². The van der Waals surface area contributed by atoms with Crippen molar-refractivity contribution in [3.63, 3.8) is 0 Å². The SMILES string of the molecule is CC(C)c1c(O)ccc2c1NC[C@H]1C(C)(C)CCC[C@]21C. The zero-order valence-electron chi connectivity index (χ0n) is 14.1. The quantitative estimate of drug-likeness (QED) is 0.759. The van der Waals surface area contributed by atoms with E-state index in [0.717, 1.165) is 12.1 Å². The molecule has 1 aromatic rings. The second-order valence-corrected chi connectivity index (χ2v) is 8.27. The molecule has 3 rings (SSSR count). The van der Waals surface area contributed by atoms with E-state index in [1.54, 1.807) is 0 Å². The molecule has 2 aliphatic rings. The lowest BCUT2D eigenvalue weighted by atomic mass is 9.53. The van der Waals surface area contributed by atoms with Crippen LogP contribution < -0.4 is 5.32 Å². The summed E-state index contributed by atoms with van der Waals surface area (Å²) in [7, 11) is 0. The average Bonchev–Trinajstić information content (AvgIpc) is 2.36. The van der Waals surface area contributed by atoms with Gasteiger partial charge in [-0.1, -0.05) is 47.1 Å². The van der Waals surface area contributed by atoms with Crippen LogP contribution in [0, 0.1) is 11.3 Å². The highest BCUT2D eigenvalue weighted by Crippen LogP contribution is 2.57. The summed E-state index contributed by atoms with van der Waals surface area (Å²) >= 11 is 0. The van der Waals surface area contributed by atoms with Gasteiger partial charge in [-0.25, -0.2) is 0 Å². The molecule has 0 saturated heterocycles. The Kier molecular flexibility index (Phi) is 3.27. The van der Waals surface area contributed by atoms with Crippen molar-refractivity contribution in [2.75, 3.05) is 11.9 Å². The lowest BCUT2D eigenvalue weighted by Gasteiger charge is -2.54. The van der Waals surface area contributed by atoms with Crippen LogP contribution >= 0.6 is 0 Å². The van der Waals surface area contributed by atoms with Crippen molar-refractivity contribution in [1.82, 2.24) is 0 Å². The van der Waals surface area contributed by atoms with Gasteiger partial charge in [-0.05, 0) is 47.1 Å². The van der Waals surface area contributed by atoms with E-state index in [1.165, 1.54) is 30.5 Å². The van der Waals surface area contributed by atoms with Gasteiger partial charge >= 0.3 is 0 Å². The molecule has 2 atom stereocenters. The molecule has 0 spiro atoms. The highest BCUT2D eigenvalue weighted by atomic mass is 16.3. The summed E-state index contributed by atoms with van der Waals surface area (Å²) < 4.78 is 0. The largest absolute Gasteiger partial charge is 0.508 e. The molecule has 0 bridgehead atoms. The number of fused-ring (bicyclic) bond motifs is 3. The van der Waals surface area contributed by atoms with E-state index in [0.29, 0.717) is 23.0 Å². The first-order valence-corrected chi connectivity index (χ1v) is 8.37. The first-order chi connectivity index (χ1) is 9.77. The lowest BCUT2D eigenvalue weighted by Crippen LogP contribution is -2.51. The van der Waals surface area contributed by atoms with Gasteiger partial charge in [0.25, 0.3) is 0 Å². The molecule has 1 fully saturated rings. The minimum Gasteiger partial charge on any atom is -0.508 e. The summed E-state index contributed by atoms with van der Waals surface area (Å²) in [4.78, 5) is 0. The number of aromatic hydroxyl groups is 1. The van der Waals surface area contributed by atoms with Crippen molar-refractivity contribution >= 4 is 5.69 Å². The van der Waals surface area contributed by atoms with Gasteiger partial charge in [-0.15, -0.1) is 0 Å². The van der Waals surface area contributed by atoms with Crippen LogP contribution in [0.2, 0.25) is 0 Å². The Balaban J connectivity index is 2.17. The lowest BCUT2D eigenvalue weighted by molar-refractivity contribution is 0.0612. The number of nitrogens with one attached hydrogen (secondary N) is 1. The van der Waals surface area contributed by atoms with Crippen molar-refractivity contribution in [2.24, 2.45) is 11.3 Å². The third kappa shape index (κ3) is 2.06. The second kappa shape index (κ2) is 4.66. The van der Waals surface area contributed by atoms with E-state index in [4.69, 9.17) is 0 Å². The zero-order valence-corrected chi connectivity index (χ0v) is 14.1. The van der Waals surface area contributed by atoms with E-state index in [9.17, 15) is 5.11 Å². The summed E-state index contributed by atoms with van der Waals surface area (Å²) in [5.74, 6) is 1.44. The molecule has 2 heteroatoms. The molecule has 0 radical (unpaired) electrons. The maximum Gasteiger partial charge on any atom is 0.121 e. The number of phenolic OH excluding ortho intramolecular Hbond substituents is 1. The van der Waals surface area contributed by atoms with Crippen LogP contribution in [0.4, 0.5) is 5.69 Å². The normalized spacial score (nSPS) is 30.5. The Bertz CT molecular complexity index is 561. The van der Waals surface area contributed by atoms with Crippen LogP contribution in [0.3, 0.4) is 0 Å². The molecule has 1 heterocycles. The Morgan fingerprint density at radius 1 is 1.19 bits per heavy atom. The summed E-state index contributed by atoms with van der Waals surface area (Å²) in [6, 6.07) is 4.07. The van der Waals surface area contributed by atoms with Crippen molar-refractivity contribution in [1.29, 1.82) is 0 Å². The van der Waals surface area contributed by atoms with Gasteiger partial charge in [0.2, 0.25) is 0 Å². The van der Waals surface area contributed by atoms with Gasteiger partial charge in [0, 0.05) is 17.8 Å². The Morgan fingerprint density at radius 3 is 2.57 bits per heavy atom. The Morgan fingerprint density at radius 2 is 1.90 bits per heavy atom. The number of phenols is 1. The van der Waals surface area contributed by atoms with Crippen LogP contribution in [0.5, 0.6) is 5.75 Å². The Labute approximate surface area is 129 Å². The topological polar surface area (TPSA) is 32.3 Å². The van der Waals surface area contributed by atoms with Crippen molar-refractivity contribution < 1.29 is 5.11 Å². The van der Waals surface area contributed by atoms with Crippen molar-refractivity contribution in [2.45, 2.75) is 65.2 Å². The Hall–Kier alpha value is -1.18. The first-order valence-electron chi connectivity index (χ1n) is 8.37. The van der Waals surface area contributed by atoms with Gasteiger partial charge in [0.1, 0.15) is 5.75 Å². The fourth-order valence-corrected chi connectivity index (χ4v) is 5.01. The molecule has 0 unspecified atom stereocenters. The van der Waals surface area contributed by atoms with Gasteiger partial charge < -0.3 is 10.4 Å². The summed E-state index contributed by atoms with van der Waals surface area (Å²) in [6.07, 6.45) is 3.88. The monoisotopic (exact) mass is 287 g/mol. The van der Waals surface area contributed by atoms with Crippen molar-refractivity contribution in [3.8, 4) is 5.75 Å². The molecule has 1 saturated carbocycles. The van der Waals surface area contributed by atoms with Crippen LogP contribution in [-0.4, -0.2) is 11.7 Å². The van der Waals surface area contributed by atoms with Gasteiger partial charge in [-0.2, -0.15) is 0 Å². The average molecular weight is 287 g/mol. The molecule has 2 N–H and O–H groups in total.